The van der Waals surface area contributed by atoms with Crippen LogP contribution < -0.4 is 0 Å². The Balaban J connectivity index is 1.83. The highest BCUT2D eigenvalue weighted by Crippen LogP contribution is 2.22. The first kappa shape index (κ1) is 13.0. The first-order chi connectivity index (χ1) is 8.29. The molecular weight excluding hydrogens is 226 g/mol. The number of likely N-dealkylation sites (N-methyl/N-ethyl adjacent to an activating group) is 1. The third kappa shape index (κ3) is 3.75. The summed E-state index contributed by atoms with van der Waals surface area (Å²) in [6.45, 7) is 2.32. The molecule has 0 unspecified atom stereocenters. The van der Waals surface area contributed by atoms with E-state index in [9.17, 15) is 0 Å². The van der Waals surface area contributed by atoms with Crippen LogP contribution in [0.3, 0.4) is 0 Å². The van der Waals surface area contributed by atoms with Crippen molar-refractivity contribution in [1.29, 1.82) is 0 Å². The highest BCUT2D eigenvalue weighted by Gasteiger charge is 2.10. The number of thiol groups is 1. The lowest BCUT2D eigenvalue weighted by Gasteiger charge is -2.16. The molecular formula is C15H23NS. The number of rotatable bonds is 6. The highest BCUT2D eigenvalue weighted by atomic mass is 32.1. The molecule has 0 heterocycles. The van der Waals surface area contributed by atoms with Gasteiger partial charge in [0.2, 0.25) is 0 Å². The summed E-state index contributed by atoms with van der Waals surface area (Å²) in [7, 11) is 2.21. The molecule has 0 fully saturated rings. The van der Waals surface area contributed by atoms with E-state index >= 15 is 0 Å². The predicted octanol–water partition coefficient (Wildman–Crippen LogP) is 2.97. The SMILES string of the molecule is CN(CCCS)CCc1ccc2c(c1)CCC2. The maximum atomic E-state index is 4.25. The Bertz CT molecular complexity index is 362. The molecule has 0 spiro atoms. The lowest BCUT2D eigenvalue weighted by Crippen LogP contribution is -2.22. The standard InChI is InChI=1S/C15H23NS/c1-16(9-3-11-17)10-8-13-6-7-14-4-2-5-15(14)12-13/h6-7,12,17H,2-5,8-11H2,1H3. The summed E-state index contributed by atoms with van der Waals surface area (Å²) in [6.07, 6.45) is 6.29. The predicted molar refractivity (Wildman–Crippen MR) is 78.1 cm³/mol. The van der Waals surface area contributed by atoms with Crippen molar-refractivity contribution in [3.05, 3.63) is 34.9 Å². The van der Waals surface area contributed by atoms with Crippen LogP contribution in [0, 0.1) is 0 Å². The fourth-order valence-corrected chi connectivity index (χ4v) is 2.69. The monoisotopic (exact) mass is 249 g/mol. The van der Waals surface area contributed by atoms with Gasteiger partial charge in [-0.2, -0.15) is 12.6 Å². The molecule has 1 aromatic rings. The van der Waals surface area contributed by atoms with Crippen LogP contribution in [-0.2, 0) is 19.3 Å². The van der Waals surface area contributed by atoms with Gasteiger partial charge in [0, 0.05) is 6.54 Å². The lowest BCUT2D eigenvalue weighted by molar-refractivity contribution is 0.340. The van der Waals surface area contributed by atoms with Gasteiger partial charge in [0.25, 0.3) is 0 Å². The Labute approximate surface area is 111 Å². The summed E-state index contributed by atoms with van der Waals surface area (Å²) in [5.41, 5.74) is 4.68. The van der Waals surface area contributed by atoms with Crippen LogP contribution in [0.4, 0.5) is 0 Å². The normalized spacial score (nSPS) is 14.3. The maximum absolute atomic E-state index is 4.25. The molecule has 0 radical (unpaired) electrons. The average molecular weight is 249 g/mol. The molecule has 1 aromatic carbocycles. The van der Waals surface area contributed by atoms with E-state index in [2.05, 4.69) is 42.8 Å². The zero-order valence-electron chi connectivity index (χ0n) is 10.8. The number of benzene rings is 1. The molecule has 0 aliphatic heterocycles. The molecule has 94 valence electrons. The second kappa shape index (κ2) is 6.46. The molecule has 0 saturated carbocycles. The molecule has 0 saturated heterocycles. The molecule has 2 rings (SSSR count). The molecule has 17 heavy (non-hydrogen) atoms. The van der Waals surface area contributed by atoms with E-state index in [1.165, 1.54) is 37.7 Å². The van der Waals surface area contributed by atoms with E-state index < -0.39 is 0 Å². The fourth-order valence-electron chi connectivity index (χ4n) is 2.55. The van der Waals surface area contributed by atoms with E-state index in [4.69, 9.17) is 0 Å². The van der Waals surface area contributed by atoms with E-state index in [1.54, 1.807) is 11.1 Å². The summed E-state index contributed by atoms with van der Waals surface area (Å²) >= 11 is 4.25. The Morgan fingerprint density at radius 2 is 2.00 bits per heavy atom. The number of aryl methyl sites for hydroxylation is 2. The van der Waals surface area contributed by atoms with Crippen molar-refractivity contribution in [1.82, 2.24) is 4.90 Å². The number of hydrogen-bond donors (Lipinski definition) is 1. The summed E-state index contributed by atoms with van der Waals surface area (Å²) in [4.78, 5) is 2.41. The van der Waals surface area contributed by atoms with E-state index in [-0.39, 0.29) is 0 Å². The maximum Gasteiger partial charge on any atom is 0.00188 e. The first-order valence-corrected chi connectivity index (χ1v) is 7.33. The third-order valence-corrected chi connectivity index (χ3v) is 3.96. The minimum atomic E-state index is 0.989. The Kier molecular flexibility index (Phi) is 4.93. The van der Waals surface area contributed by atoms with E-state index in [0.717, 1.165) is 18.8 Å². The minimum Gasteiger partial charge on any atom is -0.306 e. The van der Waals surface area contributed by atoms with Gasteiger partial charge in [-0.3, -0.25) is 0 Å². The smallest absolute Gasteiger partial charge is 0.00188 e. The van der Waals surface area contributed by atoms with Crippen LogP contribution in [0.25, 0.3) is 0 Å². The molecule has 0 N–H and O–H groups in total. The summed E-state index contributed by atoms with van der Waals surface area (Å²) in [5, 5.41) is 0. The Morgan fingerprint density at radius 1 is 1.18 bits per heavy atom. The van der Waals surface area contributed by atoms with E-state index in [1.807, 2.05) is 0 Å². The van der Waals surface area contributed by atoms with Crippen LogP contribution in [-0.4, -0.2) is 30.8 Å². The molecule has 1 aliphatic rings. The third-order valence-electron chi connectivity index (χ3n) is 3.64. The van der Waals surface area contributed by atoms with Crippen molar-refractivity contribution < 1.29 is 0 Å². The largest absolute Gasteiger partial charge is 0.306 e. The van der Waals surface area contributed by atoms with Gasteiger partial charge < -0.3 is 4.90 Å². The Hall–Kier alpha value is -0.470. The summed E-state index contributed by atoms with van der Waals surface area (Å²) < 4.78 is 0. The number of hydrogen-bond acceptors (Lipinski definition) is 2. The van der Waals surface area contributed by atoms with Gasteiger partial charge in [0.05, 0.1) is 0 Å². The second-order valence-electron chi connectivity index (χ2n) is 5.09. The molecule has 0 bridgehead atoms. The average Bonchev–Trinajstić information content (AvgIpc) is 2.81. The quantitative estimate of drug-likeness (QED) is 0.759. The van der Waals surface area contributed by atoms with Gasteiger partial charge in [-0.05, 0) is 68.1 Å². The van der Waals surface area contributed by atoms with Crippen LogP contribution in [0.5, 0.6) is 0 Å². The summed E-state index contributed by atoms with van der Waals surface area (Å²) in [6, 6.07) is 7.08. The van der Waals surface area contributed by atoms with Gasteiger partial charge in [0.1, 0.15) is 0 Å². The van der Waals surface area contributed by atoms with Crippen LogP contribution in [0.2, 0.25) is 0 Å². The summed E-state index contributed by atoms with van der Waals surface area (Å²) in [5.74, 6) is 0.989. The van der Waals surface area contributed by atoms with Gasteiger partial charge in [-0.25, -0.2) is 0 Å². The number of nitrogens with zero attached hydrogens (tertiary/aromatic N) is 1. The minimum absolute atomic E-state index is 0.989. The van der Waals surface area contributed by atoms with Crippen LogP contribution in [0.1, 0.15) is 29.5 Å². The van der Waals surface area contributed by atoms with Crippen LogP contribution in [0.15, 0.2) is 18.2 Å². The molecule has 1 aliphatic carbocycles. The van der Waals surface area contributed by atoms with Gasteiger partial charge in [-0.1, -0.05) is 18.2 Å². The molecule has 0 amide bonds. The fraction of sp³-hybridized carbons (Fsp3) is 0.600. The van der Waals surface area contributed by atoms with Gasteiger partial charge >= 0.3 is 0 Å². The molecule has 0 aromatic heterocycles. The van der Waals surface area contributed by atoms with Crippen LogP contribution >= 0.6 is 12.6 Å². The van der Waals surface area contributed by atoms with E-state index in [0.29, 0.717) is 0 Å². The highest BCUT2D eigenvalue weighted by molar-refractivity contribution is 7.80. The zero-order chi connectivity index (χ0) is 12.1. The topological polar surface area (TPSA) is 3.24 Å². The molecule has 2 heteroatoms. The molecule has 1 nitrogen and oxygen atoms in total. The van der Waals surface area contributed by atoms with Crippen molar-refractivity contribution >= 4 is 12.6 Å². The van der Waals surface area contributed by atoms with Crippen molar-refractivity contribution in [2.45, 2.75) is 32.1 Å². The number of fused-ring (bicyclic) bond motifs is 1. The van der Waals surface area contributed by atoms with Crippen molar-refractivity contribution in [2.75, 3.05) is 25.9 Å². The second-order valence-corrected chi connectivity index (χ2v) is 5.53. The zero-order valence-corrected chi connectivity index (χ0v) is 11.7. The first-order valence-electron chi connectivity index (χ1n) is 6.69. The molecule has 0 atom stereocenters. The Morgan fingerprint density at radius 3 is 2.82 bits per heavy atom. The van der Waals surface area contributed by atoms with Crippen molar-refractivity contribution in [3.8, 4) is 0 Å². The van der Waals surface area contributed by atoms with Gasteiger partial charge in [0.15, 0.2) is 0 Å². The van der Waals surface area contributed by atoms with Gasteiger partial charge in [-0.15, -0.1) is 0 Å². The lowest BCUT2D eigenvalue weighted by atomic mass is 10.0. The van der Waals surface area contributed by atoms with Crippen molar-refractivity contribution in [2.24, 2.45) is 0 Å². The van der Waals surface area contributed by atoms with Crippen molar-refractivity contribution in [3.63, 3.8) is 0 Å².